The van der Waals surface area contributed by atoms with Gasteiger partial charge in [-0.15, -0.1) is 0 Å². The highest BCUT2D eigenvalue weighted by atomic mass is 32.2. The summed E-state index contributed by atoms with van der Waals surface area (Å²) >= 11 is 0. The Balaban J connectivity index is 3.17. The van der Waals surface area contributed by atoms with Gasteiger partial charge in [-0.1, -0.05) is 34.6 Å². The SMILES string of the molecule is N#CC(=NOS(=O)(=O)C(F)(F)F)c1ccc(C(C#N)=NOS(=O)(=O)C(F)(F)F)cc1. The minimum absolute atomic E-state index is 0.334. The molecule has 1 rings (SSSR count). The number of alkyl halides is 6. The Labute approximate surface area is 163 Å². The van der Waals surface area contributed by atoms with Crippen LogP contribution in [0.25, 0.3) is 0 Å². The van der Waals surface area contributed by atoms with Gasteiger partial charge in [0.1, 0.15) is 12.1 Å². The Morgan fingerprint density at radius 1 is 0.733 bits per heavy atom. The second-order valence-electron chi connectivity index (χ2n) is 4.63. The zero-order chi connectivity index (χ0) is 23.4. The number of hydrogen-bond donors (Lipinski definition) is 0. The quantitative estimate of drug-likeness (QED) is 0.259. The van der Waals surface area contributed by atoms with E-state index >= 15 is 0 Å². The second kappa shape index (κ2) is 8.55. The van der Waals surface area contributed by atoms with Crippen molar-refractivity contribution in [2.45, 2.75) is 11.0 Å². The van der Waals surface area contributed by atoms with E-state index in [1.165, 1.54) is 12.1 Å². The van der Waals surface area contributed by atoms with Crippen molar-refractivity contribution in [2.24, 2.45) is 10.3 Å². The third-order valence-electron chi connectivity index (χ3n) is 2.66. The Morgan fingerprint density at radius 2 is 1.00 bits per heavy atom. The molecule has 0 amide bonds. The molecule has 10 nitrogen and oxygen atoms in total. The van der Waals surface area contributed by atoms with E-state index in [4.69, 9.17) is 10.5 Å². The first kappa shape index (κ1) is 24.7. The Hall–Kier alpha value is -3.38. The van der Waals surface area contributed by atoms with Crippen molar-refractivity contribution in [3.63, 3.8) is 0 Å². The average molecular weight is 478 g/mol. The van der Waals surface area contributed by atoms with Gasteiger partial charge < -0.3 is 0 Å². The van der Waals surface area contributed by atoms with Gasteiger partial charge in [0.25, 0.3) is 0 Å². The molecule has 0 fully saturated rings. The summed E-state index contributed by atoms with van der Waals surface area (Å²) in [6, 6.07) is 5.94. The Bertz CT molecular complexity index is 1060. The van der Waals surface area contributed by atoms with E-state index < -0.39 is 42.7 Å². The van der Waals surface area contributed by atoms with Crippen molar-refractivity contribution >= 4 is 31.7 Å². The molecule has 0 radical (unpaired) electrons. The molecule has 0 saturated heterocycles. The molecule has 0 bridgehead atoms. The van der Waals surface area contributed by atoms with E-state index in [0.717, 1.165) is 24.3 Å². The van der Waals surface area contributed by atoms with Crippen LogP contribution in [0.1, 0.15) is 11.1 Å². The third-order valence-corrected chi connectivity index (χ3v) is 4.34. The van der Waals surface area contributed by atoms with Crippen LogP contribution in [0.5, 0.6) is 0 Å². The summed E-state index contributed by atoms with van der Waals surface area (Å²) in [4.78, 5) is 0. The van der Waals surface area contributed by atoms with Gasteiger partial charge >= 0.3 is 31.3 Å². The van der Waals surface area contributed by atoms with Crippen LogP contribution in [0, 0.1) is 22.7 Å². The summed E-state index contributed by atoms with van der Waals surface area (Å²) in [6.45, 7) is 0. The highest BCUT2D eigenvalue weighted by molar-refractivity contribution is 7.87. The largest absolute Gasteiger partial charge is 0.536 e. The lowest BCUT2D eigenvalue weighted by Gasteiger charge is -2.06. The van der Waals surface area contributed by atoms with Crippen molar-refractivity contribution in [3.05, 3.63) is 35.4 Å². The van der Waals surface area contributed by atoms with Gasteiger partial charge in [-0.2, -0.15) is 53.7 Å². The summed E-state index contributed by atoms with van der Waals surface area (Å²) in [5, 5.41) is 22.8. The minimum Gasteiger partial charge on any atom is -0.260 e. The number of oxime groups is 2. The van der Waals surface area contributed by atoms with Crippen molar-refractivity contribution in [2.75, 3.05) is 0 Å². The summed E-state index contributed by atoms with van der Waals surface area (Å²) < 4.78 is 123. The van der Waals surface area contributed by atoms with Gasteiger partial charge in [0.05, 0.1) is 0 Å². The molecule has 1 aromatic carbocycles. The lowest BCUT2D eigenvalue weighted by atomic mass is 10.1. The third kappa shape index (κ3) is 5.81. The van der Waals surface area contributed by atoms with Crippen LogP contribution >= 0.6 is 0 Å². The number of rotatable bonds is 6. The number of nitriles is 2. The zero-order valence-corrected chi connectivity index (χ0v) is 15.3. The van der Waals surface area contributed by atoms with Gasteiger partial charge in [-0.25, -0.2) is 0 Å². The zero-order valence-electron chi connectivity index (χ0n) is 13.6. The molecule has 0 aliphatic rings. The molecular formula is C12H4F6N4O6S2. The van der Waals surface area contributed by atoms with Crippen molar-refractivity contribution in [1.29, 1.82) is 10.5 Å². The van der Waals surface area contributed by atoms with E-state index in [1.807, 2.05) is 0 Å². The maximum absolute atomic E-state index is 12.2. The predicted molar refractivity (Wildman–Crippen MR) is 82.9 cm³/mol. The van der Waals surface area contributed by atoms with Gasteiger partial charge in [-0.3, -0.25) is 8.57 Å². The van der Waals surface area contributed by atoms with Crippen LogP contribution in [0.15, 0.2) is 34.6 Å². The monoisotopic (exact) mass is 478 g/mol. The molecule has 162 valence electrons. The van der Waals surface area contributed by atoms with Crippen LogP contribution in [0.4, 0.5) is 26.3 Å². The topological polar surface area (TPSA) is 159 Å². The maximum atomic E-state index is 12.2. The van der Waals surface area contributed by atoms with E-state index in [9.17, 15) is 43.2 Å². The summed E-state index contributed by atoms with van der Waals surface area (Å²) in [5.41, 5.74) is -14.2. The van der Waals surface area contributed by atoms with E-state index in [1.54, 1.807) is 0 Å². The number of benzene rings is 1. The fraction of sp³-hybridized carbons (Fsp3) is 0.167. The molecule has 0 aromatic heterocycles. The van der Waals surface area contributed by atoms with Crippen LogP contribution in [-0.4, -0.2) is 39.3 Å². The molecule has 0 atom stereocenters. The number of nitrogens with zero attached hydrogens (tertiary/aromatic N) is 4. The number of halogens is 6. The summed E-state index contributed by atoms with van der Waals surface area (Å²) in [6.07, 6.45) is 0. The van der Waals surface area contributed by atoms with E-state index in [0.29, 0.717) is 0 Å². The minimum atomic E-state index is -6.14. The standard InChI is InChI=1S/C12H4F6N4O6S2/c13-11(14,15)29(23,24)27-21-9(5-19)7-1-2-8(4-3-7)10(6-20)22-28-30(25,26)12(16,17)18/h1-4H. The highest BCUT2D eigenvalue weighted by Gasteiger charge is 2.49. The van der Waals surface area contributed by atoms with Crippen molar-refractivity contribution < 1.29 is 51.7 Å². The van der Waals surface area contributed by atoms with Crippen LogP contribution < -0.4 is 0 Å². The summed E-state index contributed by atoms with van der Waals surface area (Å²) in [7, 11) is -12.3. The molecule has 1 aromatic rings. The van der Waals surface area contributed by atoms with Crippen molar-refractivity contribution in [3.8, 4) is 12.1 Å². The molecule has 0 aliphatic carbocycles. The molecule has 0 unspecified atom stereocenters. The number of hydrogen-bond acceptors (Lipinski definition) is 10. The molecular weight excluding hydrogens is 474 g/mol. The molecule has 0 spiro atoms. The van der Waals surface area contributed by atoms with E-state index in [-0.39, 0.29) is 11.1 Å². The van der Waals surface area contributed by atoms with Gasteiger partial charge in [0.15, 0.2) is 11.4 Å². The van der Waals surface area contributed by atoms with Crippen LogP contribution in [-0.2, 0) is 28.8 Å². The first-order valence-electron chi connectivity index (χ1n) is 6.62. The van der Waals surface area contributed by atoms with Crippen LogP contribution in [0.3, 0.4) is 0 Å². The molecule has 18 heteroatoms. The predicted octanol–water partition coefficient (Wildman–Crippen LogP) is 1.87. The average Bonchev–Trinajstić information content (AvgIpc) is 2.61. The second-order valence-corrected chi connectivity index (χ2v) is 7.67. The van der Waals surface area contributed by atoms with Crippen molar-refractivity contribution in [1.82, 2.24) is 0 Å². The maximum Gasteiger partial charge on any atom is 0.536 e. The first-order valence-corrected chi connectivity index (χ1v) is 9.44. The molecule has 0 heterocycles. The fourth-order valence-electron chi connectivity index (χ4n) is 1.32. The fourth-order valence-corrected chi connectivity index (χ4v) is 1.83. The molecule has 0 saturated carbocycles. The van der Waals surface area contributed by atoms with Gasteiger partial charge in [0, 0.05) is 11.1 Å². The highest BCUT2D eigenvalue weighted by Crippen LogP contribution is 2.26. The lowest BCUT2D eigenvalue weighted by Crippen LogP contribution is -2.24. The Morgan fingerprint density at radius 3 is 1.20 bits per heavy atom. The van der Waals surface area contributed by atoms with Gasteiger partial charge in [0.2, 0.25) is 0 Å². The first-order chi connectivity index (χ1) is 13.6. The summed E-state index contributed by atoms with van der Waals surface area (Å²) in [5.74, 6) is 0. The smallest absolute Gasteiger partial charge is 0.260 e. The molecule has 0 aliphatic heterocycles. The Kier molecular flexibility index (Phi) is 7.03. The van der Waals surface area contributed by atoms with Gasteiger partial charge in [-0.05, 0) is 0 Å². The molecule has 30 heavy (non-hydrogen) atoms. The van der Waals surface area contributed by atoms with Crippen LogP contribution in [0.2, 0.25) is 0 Å². The normalized spacial score (nSPS) is 13.9. The lowest BCUT2D eigenvalue weighted by molar-refractivity contribution is -0.0545. The molecule has 0 N–H and O–H groups in total. The van der Waals surface area contributed by atoms with E-state index in [2.05, 4.69) is 18.9 Å².